The van der Waals surface area contributed by atoms with Crippen molar-refractivity contribution in [2.24, 2.45) is 0 Å². The van der Waals surface area contributed by atoms with E-state index in [0.29, 0.717) is 24.9 Å². The predicted molar refractivity (Wildman–Crippen MR) is 252 cm³/mol. The van der Waals surface area contributed by atoms with Gasteiger partial charge in [0.25, 0.3) is 0 Å². The number of carboxylic acid groups (broad SMARTS) is 2. The van der Waals surface area contributed by atoms with E-state index in [1.165, 1.54) is 6.92 Å². The monoisotopic (exact) mass is 1070 g/mol. The first-order chi connectivity index (χ1) is 29.4. The quantitative estimate of drug-likeness (QED) is 0.0297. The van der Waals surface area contributed by atoms with Crippen molar-refractivity contribution in [3.05, 3.63) is 0 Å². The number of Topliss-reactive ketones (excluding diaryl/α,β-unsaturated/α-hetero) is 1. The van der Waals surface area contributed by atoms with Crippen LogP contribution < -0.4 is 0 Å². The molecule has 0 aromatic carbocycles. The number of hydrogen-bond donors (Lipinski definition) is 4. The maximum Gasteiger partial charge on any atom is 0.334 e. The fourth-order valence-electron chi connectivity index (χ4n) is 5.08. The molecule has 66 heavy (non-hydrogen) atoms. The first-order valence-corrected chi connectivity index (χ1v) is 37.9. The van der Waals surface area contributed by atoms with Crippen LogP contribution in [0.1, 0.15) is 14.4 Å². The minimum Gasteiger partial charge on any atom is -0.480 e. The van der Waals surface area contributed by atoms with Gasteiger partial charge in [-0.1, -0.05) is 7.43 Å². The molecular weight excluding hydrogens is 989 g/mol. The summed E-state index contributed by atoms with van der Waals surface area (Å²) < 4.78 is 84.3. The van der Waals surface area contributed by atoms with Gasteiger partial charge in [0.2, 0.25) is 33.3 Å². The van der Waals surface area contributed by atoms with Gasteiger partial charge in [0.15, 0.2) is 12.6 Å². The average Bonchev–Trinajstić information content (AvgIpc) is 3.12. The summed E-state index contributed by atoms with van der Waals surface area (Å²) in [5.41, 5.74) is 0. The van der Waals surface area contributed by atoms with Crippen LogP contribution in [0.5, 0.6) is 0 Å². The fraction of sp³-hybridized carbons (Fsp3) is 0.886. The van der Waals surface area contributed by atoms with Crippen molar-refractivity contribution in [2.45, 2.75) is 92.9 Å². The van der Waals surface area contributed by atoms with E-state index in [1.807, 2.05) is 65.5 Å². The van der Waals surface area contributed by atoms with Gasteiger partial charge >= 0.3 is 35.0 Å². The molecule has 31 heteroatoms. The number of rotatable bonds is 38. The number of carboxylic acids is 2. The zero-order valence-electron chi connectivity index (χ0n) is 40.8. The van der Waals surface area contributed by atoms with Crippen LogP contribution in [-0.2, 0) is 92.5 Å². The summed E-state index contributed by atoms with van der Waals surface area (Å²) in [6, 6.07) is 0. The van der Waals surface area contributed by atoms with Crippen molar-refractivity contribution in [2.75, 3.05) is 113 Å². The van der Waals surface area contributed by atoms with Gasteiger partial charge in [-0.25, -0.2) is 14.4 Å². The van der Waals surface area contributed by atoms with Crippen LogP contribution in [0.25, 0.3) is 0 Å². The topological polar surface area (TPSA) is 328 Å². The van der Waals surface area contributed by atoms with E-state index in [4.69, 9.17) is 79.5 Å². The highest BCUT2D eigenvalue weighted by Gasteiger charge is 2.41. The average molecular weight is 1070 g/mol. The molecule has 0 aliphatic carbocycles. The third-order valence-electron chi connectivity index (χ3n) is 6.22. The zero-order chi connectivity index (χ0) is 49.9. The van der Waals surface area contributed by atoms with Crippen LogP contribution in [0.3, 0.4) is 0 Å². The van der Waals surface area contributed by atoms with Gasteiger partial charge in [-0.05, 0) is 85.5 Å². The number of aliphatic hydroxyl groups excluding tert-OH is 2. The lowest BCUT2D eigenvalue weighted by molar-refractivity contribution is -0.172. The van der Waals surface area contributed by atoms with Gasteiger partial charge < -0.3 is 99.2 Å². The molecule has 0 aliphatic rings. The van der Waals surface area contributed by atoms with Crippen molar-refractivity contribution < 1.29 is 118 Å². The van der Waals surface area contributed by atoms with Crippen LogP contribution in [-0.4, -0.2) is 213 Å². The van der Waals surface area contributed by atoms with Gasteiger partial charge in [-0.2, -0.15) is 0 Å². The molecule has 0 amide bonds. The molecule has 0 rings (SSSR count). The number of ether oxygens (including phenoxy) is 12. The fourth-order valence-corrected chi connectivity index (χ4v) is 30.7. The first-order valence-electron chi connectivity index (χ1n) is 19.8. The van der Waals surface area contributed by atoms with Crippen molar-refractivity contribution >= 4 is 74.1 Å². The Kier molecular flexibility index (Phi) is 45.1. The Morgan fingerprint density at radius 1 is 0.424 bits per heavy atom. The maximum atomic E-state index is 11.6. The summed E-state index contributed by atoms with van der Waals surface area (Å²) >= 11 is 0. The highest BCUT2D eigenvalue weighted by Crippen LogP contribution is 2.22. The standard InChI is InChI=1S/C18H40O11Si3.C10H28O6Si3.C6H10O7.CH4.H2O/c1-17(19)9-22-12-24-13-23-10-18(20)27-14-26-16-31(5,6)29-32(7,8)28-30(3,4)15-25-11-21-2;1-17(2,9-13-7-11)15-19(5,6)16-18(3,4)10-14-8-12;7-5(8)1-11-3-13-4-12-2-6(9)10;;/h9-16H2,1-8H3;11-12H,7-10H2,1-6H3;1-4H2,(H,7,8)(H,9,10);1H4;1H2. The summed E-state index contributed by atoms with van der Waals surface area (Å²) in [6.07, 6.45) is 1.75. The molecule has 0 bridgehead atoms. The van der Waals surface area contributed by atoms with Crippen molar-refractivity contribution in [3.8, 4) is 0 Å². The second-order valence-electron chi connectivity index (χ2n) is 16.7. The number of esters is 1. The molecule has 0 saturated carbocycles. The highest BCUT2D eigenvalue weighted by molar-refractivity contribution is 6.88. The Labute approximate surface area is 397 Å². The van der Waals surface area contributed by atoms with Crippen LogP contribution in [0, 0.1) is 0 Å². The largest absolute Gasteiger partial charge is 0.480 e. The van der Waals surface area contributed by atoms with Crippen LogP contribution in [0.2, 0.25) is 78.6 Å². The number of methoxy groups -OCH3 is 1. The van der Waals surface area contributed by atoms with E-state index < -0.39 is 81.5 Å². The number of hydrogen-bond acceptors (Lipinski definition) is 22. The molecule has 398 valence electrons. The molecule has 0 spiro atoms. The summed E-state index contributed by atoms with van der Waals surface area (Å²) in [5, 5.41) is 33.6. The minimum atomic E-state index is -2.40. The molecule has 0 saturated heterocycles. The molecule has 25 nitrogen and oxygen atoms in total. The van der Waals surface area contributed by atoms with Crippen molar-refractivity contribution in [1.82, 2.24) is 0 Å². The molecule has 6 N–H and O–H groups in total. The Balaban J connectivity index is -0.000000309. The van der Waals surface area contributed by atoms with E-state index in [-0.39, 0.29) is 86.2 Å². The van der Waals surface area contributed by atoms with E-state index in [2.05, 4.69) is 27.3 Å². The van der Waals surface area contributed by atoms with Crippen LogP contribution >= 0.6 is 0 Å². The lowest BCUT2D eigenvalue weighted by Gasteiger charge is -2.38. The van der Waals surface area contributed by atoms with Gasteiger partial charge in [0, 0.05) is 7.11 Å². The molecule has 0 aromatic rings. The van der Waals surface area contributed by atoms with Gasteiger partial charge in [0.05, 0.1) is 24.9 Å². The molecule has 0 fully saturated rings. The van der Waals surface area contributed by atoms with Crippen molar-refractivity contribution in [1.29, 1.82) is 0 Å². The molecular formula is C35H84O25Si6. The van der Waals surface area contributed by atoms with Gasteiger partial charge in [0.1, 0.15) is 74.0 Å². The highest BCUT2D eigenvalue weighted by atomic mass is 28.5. The summed E-state index contributed by atoms with van der Waals surface area (Å²) in [5.74, 6) is -2.89. The number of aliphatic carboxylic acids is 2. The summed E-state index contributed by atoms with van der Waals surface area (Å²) in [7, 11) is -11.4. The lowest BCUT2D eigenvalue weighted by Crippen LogP contribution is -2.55. The minimum absolute atomic E-state index is 0. The Bertz CT molecular complexity index is 1210. The second kappa shape index (κ2) is 40.4. The van der Waals surface area contributed by atoms with E-state index >= 15 is 0 Å². The third kappa shape index (κ3) is 53.6. The third-order valence-corrected chi connectivity index (χ3v) is 26.5. The lowest BCUT2D eigenvalue weighted by atomic mass is 10.5. The molecule has 0 heterocycles. The molecule has 0 aliphatic heterocycles. The molecule has 0 radical (unpaired) electrons. The van der Waals surface area contributed by atoms with Gasteiger partial charge in [-0.3, -0.25) is 4.79 Å². The van der Waals surface area contributed by atoms with Gasteiger partial charge in [-0.15, -0.1) is 0 Å². The Morgan fingerprint density at radius 2 is 0.727 bits per heavy atom. The van der Waals surface area contributed by atoms with Crippen LogP contribution in [0.4, 0.5) is 0 Å². The molecule has 0 unspecified atom stereocenters. The number of ketones is 1. The zero-order valence-corrected chi connectivity index (χ0v) is 46.8. The normalized spacial score (nSPS) is 12.1. The van der Waals surface area contributed by atoms with E-state index in [9.17, 15) is 19.2 Å². The molecule has 0 atom stereocenters. The number of carbonyl (C=O) groups is 4. The van der Waals surface area contributed by atoms with Crippen molar-refractivity contribution in [3.63, 3.8) is 0 Å². The number of carbonyl (C=O) groups excluding carboxylic acids is 2. The maximum absolute atomic E-state index is 11.6. The Morgan fingerprint density at radius 3 is 1.03 bits per heavy atom. The first kappa shape index (κ1) is 73.6. The summed E-state index contributed by atoms with van der Waals surface area (Å²) in [6.45, 7) is 23.3. The smallest absolute Gasteiger partial charge is 0.334 e. The summed E-state index contributed by atoms with van der Waals surface area (Å²) in [4.78, 5) is 42.1. The Hall–Kier alpha value is -1.34. The van der Waals surface area contributed by atoms with E-state index in [0.717, 1.165) is 0 Å². The van der Waals surface area contributed by atoms with Crippen LogP contribution in [0.15, 0.2) is 0 Å². The second-order valence-corrected chi connectivity index (χ2v) is 40.8. The molecule has 0 aromatic heterocycles. The number of aliphatic hydroxyl groups is 2. The van der Waals surface area contributed by atoms with E-state index in [1.54, 1.807) is 7.11 Å². The predicted octanol–water partition coefficient (Wildman–Crippen LogP) is 1.98. The SMILES string of the molecule is C.COCOC[Si](C)(C)O[Si](C)(C)O[Si](C)(C)COCOC(=O)COCOCOCC(C)=O.C[Si](C)(COCO)O[Si](C)(C)O[Si](C)(C)COCO.O.O=C(O)COCOCOCC(=O)O.